The minimum Gasteiger partial charge on any atom is -0.489 e. The summed E-state index contributed by atoms with van der Waals surface area (Å²) in [6, 6.07) is 11.9. The van der Waals surface area contributed by atoms with Crippen LogP contribution in [0.3, 0.4) is 0 Å². The zero-order chi connectivity index (χ0) is 33.6. The quantitative estimate of drug-likeness (QED) is 0.189. The van der Waals surface area contributed by atoms with Crippen molar-refractivity contribution < 1.29 is 41.7 Å². The number of hydrogen-bond acceptors (Lipinski definition) is 8. The van der Waals surface area contributed by atoms with Crippen molar-refractivity contribution in [2.75, 3.05) is 26.2 Å². The maximum absolute atomic E-state index is 14.9. The average Bonchev–Trinajstić information content (AvgIpc) is 3.81. The number of nitrogens with two attached hydrogens (primary N) is 1. The van der Waals surface area contributed by atoms with Crippen LogP contribution in [0.5, 0.6) is 11.5 Å². The van der Waals surface area contributed by atoms with Gasteiger partial charge in [-0.05, 0) is 68.3 Å². The predicted molar refractivity (Wildman–Crippen MR) is 162 cm³/mol. The number of rotatable bonds is 10. The molecule has 0 spiro atoms. The molecule has 0 bridgehead atoms. The van der Waals surface area contributed by atoms with Crippen LogP contribution in [0.15, 0.2) is 60.8 Å². The molecule has 0 saturated heterocycles. The smallest absolute Gasteiger partial charge is 0.424 e. The summed E-state index contributed by atoms with van der Waals surface area (Å²) in [6.45, 7) is 0.121. The van der Waals surface area contributed by atoms with Gasteiger partial charge in [-0.3, -0.25) is 14.6 Å². The van der Waals surface area contributed by atoms with E-state index >= 15 is 0 Å². The van der Waals surface area contributed by atoms with E-state index in [9.17, 15) is 32.3 Å². The first-order valence-electron chi connectivity index (χ1n) is 14.9. The first-order valence-corrected chi connectivity index (χ1v) is 14.9. The van der Waals surface area contributed by atoms with Gasteiger partial charge in [-0.15, -0.1) is 0 Å². The molecule has 4 aromatic rings. The van der Waals surface area contributed by atoms with Crippen molar-refractivity contribution in [3.05, 3.63) is 83.4 Å². The van der Waals surface area contributed by atoms with Gasteiger partial charge >= 0.3 is 6.18 Å². The highest BCUT2D eigenvalue weighted by Gasteiger charge is 2.58. The van der Waals surface area contributed by atoms with Crippen LogP contribution < -0.4 is 25.8 Å². The third kappa shape index (κ3) is 6.05. The largest absolute Gasteiger partial charge is 0.489 e. The van der Waals surface area contributed by atoms with Gasteiger partial charge in [0.1, 0.15) is 40.5 Å². The maximum Gasteiger partial charge on any atom is 0.424 e. The molecule has 246 valence electrons. The highest BCUT2D eigenvalue weighted by atomic mass is 19.4. The standard InChI is InChI=1S/C33H31F4N5O5/c1-31(30(44)40-12-10-38)17-46-28-23(31)15-25(42-27(28)18-4-6-21(34)7-5-18)32(45,33(35,36)37)16-41-29(43)20-13-19-3-2-11-39-26(19)24(14-20)47-22-8-9-22/h2-7,11,13-15,22,45H,8-10,12,16-17,38H2,1H3,(H,40,44)(H,41,43)/t31-,32-/m0/s1. The number of ether oxygens (including phenoxy) is 2. The summed E-state index contributed by atoms with van der Waals surface area (Å²) in [5, 5.41) is 16.8. The van der Waals surface area contributed by atoms with Gasteiger partial charge in [0.25, 0.3) is 5.91 Å². The minimum atomic E-state index is -5.35. The second-order valence-electron chi connectivity index (χ2n) is 11.8. The SMILES string of the molecule is C[C@]1(C(=O)NCCN)COc2c1cc([C@@](O)(CNC(=O)c1cc(OC3CC3)c3ncccc3c1)C(F)(F)F)nc2-c1ccc(F)cc1. The summed E-state index contributed by atoms with van der Waals surface area (Å²) in [7, 11) is 0. The first kappa shape index (κ1) is 32.1. The van der Waals surface area contributed by atoms with Crippen LogP contribution in [0.4, 0.5) is 17.6 Å². The minimum absolute atomic E-state index is 0.00265. The van der Waals surface area contributed by atoms with Gasteiger partial charge in [-0.2, -0.15) is 13.2 Å². The van der Waals surface area contributed by atoms with Gasteiger partial charge in [0.05, 0.1) is 18.3 Å². The van der Waals surface area contributed by atoms with Gasteiger partial charge in [0, 0.05) is 41.4 Å². The van der Waals surface area contributed by atoms with Crippen LogP contribution in [0, 0.1) is 5.82 Å². The number of nitrogens with one attached hydrogen (secondary N) is 2. The number of fused-ring (bicyclic) bond motifs is 2. The Morgan fingerprint density at radius 1 is 1.13 bits per heavy atom. The molecular formula is C33H31F4N5O5. The number of pyridine rings is 2. The molecule has 1 aliphatic carbocycles. The van der Waals surface area contributed by atoms with Gasteiger partial charge in [-0.25, -0.2) is 9.37 Å². The lowest BCUT2D eigenvalue weighted by atomic mass is 9.81. The molecule has 0 radical (unpaired) electrons. The van der Waals surface area contributed by atoms with Crippen LogP contribution in [0.2, 0.25) is 0 Å². The van der Waals surface area contributed by atoms with Crippen LogP contribution in [-0.4, -0.2) is 65.4 Å². The molecule has 2 aromatic carbocycles. The van der Waals surface area contributed by atoms with Crippen LogP contribution in [0.25, 0.3) is 22.2 Å². The van der Waals surface area contributed by atoms with Crippen LogP contribution in [-0.2, 0) is 15.8 Å². The second-order valence-corrected chi connectivity index (χ2v) is 11.8. The number of halogens is 4. The van der Waals surface area contributed by atoms with E-state index in [0.29, 0.717) is 16.7 Å². The number of carbonyl (C=O) groups excluding carboxylic acids is 2. The average molecular weight is 654 g/mol. The fraction of sp³-hybridized carbons (Fsp3) is 0.333. The molecule has 47 heavy (non-hydrogen) atoms. The van der Waals surface area contributed by atoms with Crippen LogP contribution >= 0.6 is 0 Å². The molecule has 10 nitrogen and oxygen atoms in total. The van der Waals surface area contributed by atoms with Crippen molar-refractivity contribution in [2.24, 2.45) is 5.73 Å². The molecule has 6 rings (SSSR count). The molecule has 14 heteroatoms. The number of aromatic nitrogens is 2. The zero-order valence-corrected chi connectivity index (χ0v) is 25.2. The Morgan fingerprint density at radius 3 is 2.55 bits per heavy atom. The number of alkyl halides is 3. The fourth-order valence-electron chi connectivity index (χ4n) is 5.36. The van der Waals surface area contributed by atoms with E-state index in [1.807, 2.05) is 0 Å². The molecule has 2 atom stereocenters. The van der Waals surface area contributed by atoms with E-state index in [2.05, 4.69) is 20.6 Å². The lowest BCUT2D eigenvalue weighted by molar-refractivity contribution is -0.265. The van der Waals surface area contributed by atoms with E-state index in [-0.39, 0.29) is 53.9 Å². The summed E-state index contributed by atoms with van der Waals surface area (Å²) >= 11 is 0. The Hall–Kier alpha value is -4.82. The van der Waals surface area contributed by atoms with Crippen molar-refractivity contribution in [2.45, 2.75) is 43.1 Å². The van der Waals surface area contributed by atoms with E-state index in [4.69, 9.17) is 15.2 Å². The van der Waals surface area contributed by atoms with E-state index < -0.39 is 47.1 Å². The van der Waals surface area contributed by atoms with E-state index in [1.54, 1.807) is 18.3 Å². The summed E-state index contributed by atoms with van der Waals surface area (Å²) < 4.78 is 70.2. The number of hydrogen-bond donors (Lipinski definition) is 4. The van der Waals surface area contributed by atoms with E-state index in [1.165, 1.54) is 31.2 Å². The van der Waals surface area contributed by atoms with Crippen LogP contribution in [0.1, 0.15) is 41.4 Å². The lowest BCUT2D eigenvalue weighted by Crippen LogP contribution is -2.52. The molecule has 5 N–H and O–H groups in total. The normalized spacial score (nSPS) is 18.6. The molecule has 1 fully saturated rings. The topological polar surface area (TPSA) is 149 Å². The van der Waals surface area contributed by atoms with E-state index in [0.717, 1.165) is 31.0 Å². The third-order valence-electron chi connectivity index (χ3n) is 8.27. The van der Waals surface area contributed by atoms with Gasteiger partial charge in [0.2, 0.25) is 11.5 Å². The Bertz CT molecular complexity index is 1850. The molecule has 1 saturated carbocycles. The summed E-state index contributed by atoms with van der Waals surface area (Å²) in [5.74, 6) is -1.75. The highest BCUT2D eigenvalue weighted by molar-refractivity contribution is 6.00. The predicted octanol–water partition coefficient (Wildman–Crippen LogP) is 3.88. The summed E-state index contributed by atoms with van der Waals surface area (Å²) in [4.78, 5) is 35.0. The van der Waals surface area contributed by atoms with Crippen molar-refractivity contribution in [3.63, 3.8) is 0 Å². The van der Waals surface area contributed by atoms with Gasteiger partial charge < -0.3 is 30.9 Å². The van der Waals surface area contributed by atoms with Crippen molar-refractivity contribution in [1.29, 1.82) is 0 Å². The Labute approximate surface area is 266 Å². The number of aliphatic hydroxyl groups is 1. The van der Waals surface area contributed by atoms with Gasteiger partial charge in [0.15, 0.2) is 0 Å². The number of nitrogens with zero attached hydrogens (tertiary/aromatic N) is 2. The van der Waals surface area contributed by atoms with Gasteiger partial charge in [-0.1, -0.05) is 6.07 Å². The number of carbonyl (C=O) groups is 2. The number of amides is 2. The number of benzene rings is 2. The fourth-order valence-corrected chi connectivity index (χ4v) is 5.36. The van der Waals surface area contributed by atoms with Crippen molar-refractivity contribution in [1.82, 2.24) is 20.6 Å². The summed E-state index contributed by atoms with van der Waals surface area (Å²) in [6.07, 6.45) is -2.17. The highest BCUT2D eigenvalue weighted by Crippen LogP contribution is 2.48. The molecule has 3 heterocycles. The monoisotopic (exact) mass is 653 g/mol. The Morgan fingerprint density at radius 2 is 1.87 bits per heavy atom. The summed E-state index contributed by atoms with van der Waals surface area (Å²) in [5.41, 5.74) is -0.0446. The Kier molecular flexibility index (Phi) is 8.26. The molecular weight excluding hydrogens is 622 g/mol. The first-order chi connectivity index (χ1) is 22.3. The second kappa shape index (κ2) is 12.1. The molecule has 0 unspecified atom stereocenters. The third-order valence-corrected chi connectivity index (χ3v) is 8.27. The van der Waals surface area contributed by atoms with Crippen molar-refractivity contribution in [3.8, 4) is 22.8 Å². The van der Waals surface area contributed by atoms with Crippen molar-refractivity contribution >= 4 is 22.7 Å². The Balaban J connectivity index is 1.40. The molecule has 2 aliphatic rings. The lowest BCUT2D eigenvalue weighted by Gasteiger charge is -2.31. The molecule has 1 aliphatic heterocycles. The maximum atomic E-state index is 14.9. The zero-order valence-electron chi connectivity index (χ0n) is 25.2. The molecule has 2 amide bonds. The molecule has 2 aromatic heterocycles.